The first-order chi connectivity index (χ1) is 7.66. The van der Waals surface area contributed by atoms with Crippen molar-refractivity contribution >= 4 is 23.8 Å². The number of carbonyl (C=O) groups is 2. The molecule has 3 N–H and O–H groups in total. The number of rotatable bonds is 5. The zero-order chi connectivity index (χ0) is 11.5. The van der Waals surface area contributed by atoms with E-state index in [1.54, 1.807) is 0 Å². The molecule has 0 aromatic rings. The van der Waals surface area contributed by atoms with Crippen LogP contribution >= 0.6 is 11.8 Å². The van der Waals surface area contributed by atoms with Crippen molar-refractivity contribution in [3.05, 3.63) is 0 Å². The Morgan fingerprint density at radius 2 is 2.18 bits per heavy atom. The van der Waals surface area contributed by atoms with Crippen molar-refractivity contribution in [3.63, 3.8) is 0 Å². The number of carboxylic acids is 1. The molecule has 2 aliphatic rings. The second-order valence-electron chi connectivity index (χ2n) is 4.26. The minimum Gasteiger partial charge on any atom is -0.481 e. The Morgan fingerprint density at radius 1 is 1.41 bits per heavy atom. The molecule has 0 aliphatic carbocycles. The molecule has 2 rings (SSSR count). The Balaban J connectivity index is 0.00000144. The Morgan fingerprint density at radius 3 is 2.88 bits per heavy atom. The van der Waals surface area contributed by atoms with Crippen LogP contribution in [0.25, 0.3) is 0 Å². The number of amides is 2. The number of unbranched alkanes of at least 4 members (excludes halogenated alkanes) is 1. The second-order valence-corrected chi connectivity index (χ2v) is 5.53. The quantitative estimate of drug-likeness (QED) is 0.398. The van der Waals surface area contributed by atoms with Gasteiger partial charge in [-0.25, -0.2) is 4.79 Å². The molecule has 0 spiro atoms. The molecule has 0 aromatic heterocycles. The number of hydrogen-bond donors (Lipinski definition) is 3. The van der Waals surface area contributed by atoms with E-state index in [4.69, 9.17) is 5.11 Å². The zero-order valence-corrected chi connectivity index (χ0v) is 11.2. The Labute approximate surface area is 115 Å². The fraction of sp³-hybridized carbons (Fsp3) is 0.800. The van der Waals surface area contributed by atoms with E-state index in [2.05, 4.69) is 10.6 Å². The van der Waals surface area contributed by atoms with Crippen LogP contribution in [0.2, 0.25) is 0 Å². The normalized spacial score (nSPS) is 30.1. The molecule has 0 unspecified atom stereocenters. The number of urea groups is 1. The van der Waals surface area contributed by atoms with Gasteiger partial charge in [0.25, 0.3) is 0 Å². The summed E-state index contributed by atoms with van der Waals surface area (Å²) in [5.74, 6) is 0.236. The molecule has 0 saturated carbocycles. The summed E-state index contributed by atoms with van der Waals surface area (Å²) in [5.41, 5.74) is 0. The van der Waals surface area contributed by atoms with Crippen molar-refractivity contribution in [2.45, 2.75) is 43.0 Å². The number of nitrogens with one attached hydrogen (secondary N) is 2. The molecule has 7 heteroatoms. The molecule has 2 aliphatic heterocycles. The maximum atomic E-state index is 11.1. The van der Waals surface area contributed by atoms with Gasteiger partial charge in [0.15, 0.2) is 0 Å². The molecule has 2 heterocycles. The summed E-state index contributed by atoms with van der Waals surface area (Å²) in [5, 5.41) is 14.8. The van der Waals surface area contributed by atoms with Crippen LogP contribution in [0.1, 0.15) is 25.7 Å². The molecule has 5 nitrogen and oxygen atoms in total. The zero-order valence-electron chi connectivity index (χ0n) is 9.29. The first-order valence-electron chi connectivity index (χ1n) is 5.57. The standard InChI is InChI=1S/C10H16N2O3S.Fe/c13-8(14)4-2-1-3-7-9-6(5-16-7)11-10(15)12-9;/h6-7,9H,1-5H2,(H,13,14)(H2,11,12,15);/t6-,7-,9-;/m0./s1. The predicted molar refractivity (Wildman–Crippen MR) is 61.6 cm³/mol. The molecule has 3 atom stereocenters. The Kier molecular flexibility index (Phi) is 5.62. The van der Waals surface area contributed by atoms with Gasteiger partial charge in [-0.2, -0.15) is 11.8 Å². The van der Waals surface area contributed by atoms with Gasteiger partial charge in [0.2, 0.25) is 0 Å². The van der Waals surface area contributed by atoms with Crippen molar-refractivity contribution in [1.29, 1.82) is 0 Å². The number of thioether (sulfide) groups is 1. The summed E-state index contributed by atoms with van der Waals surface area (Å²) >= 11 is 1.87. The molecule has 17 heavy (non-hydrogen) atoms. The van der Waals surface area contributed by atoms with E-state index in [9.17, 15) is 9.59 Å². The van der Waals surface area contributed by atoms with Crippen molar-refractivity contribution in [1.82, 2.24) is 10.6 Å². The van der Waals surface area contributed by atoms with E-state index in [1.807, 2.05) is 11.8 Å². The minimum atomic E-state index is -0.729. The van der Waals surface area contributed by atoms with Crippen LogP contribution < -0.4 is 10.6 Å². The average Bonchev–Trinajstić information content (AvgIpc) is 2.72. The number of fused-ring (bicyclic) bond motifs is 1. The summed E-state index contributed by atoms with van der Waals surface area (Å²) in [6.45, 7) is 0. The van der Waals surface area contributed by atoms with Gasteiger partial charge in [-0.1, -0.05) is 6.42 Å². The fourth-order valence-corrected chi connectivity index (χ4v) is 3.81. The third kappa shape index (κ3) is 3.79. The van der Waals surface area contributed by atoms with Crippen molar-refractivity contribution in [2.24, 2.45) is 0 Å². The maximum Gasteiger partial charge on any atom is 0.315 e. The summed E-state index contributed by atoms with van der Waals surface area (Å²) in [7, 11) is 0. The van der Waals surface area contributed by atoms with Crippen LogP contribution in [0.4, 0.5) is 4.79 Å². The number of aliphatic carboxylic acids is 1. The van der Waals surface area contributed by atoms with E-state index in [0.717, 1.165) is 25.0 Å². The van der Waals surface area contributed by atoms with Crippen LogP contribution in [-0.2, 0) is 21.9 Å². The summed E-state index contributed by atoms with van der Waals surface area (Å²) in [4.78, 5) is 21.5. The van der Waals surface area contributed by atoms with Gasteiger partial charge in [0.1, 0.15) is 0 Å². The molecule has 98 valence electrons. The predicted octanol–water partition coefficient (Wildman–Crippen LogP) is 0.794. The number of hydrogen-bond acceptors (Lipinski definition) is 3. The first-order valence-corrected chi connectivity index (χ1v) is 6.62. The third-order valence-electron chi connectivity index (χ3n) is 3.07. The van der Waals surface area contributed by atoms with Gasteiger partial charge in [-0.15, -0.1) is 0 Å². The number of carboxylic acid groups (broad SMARTS) is 1. The first kappa shape index (κ1) is 14.7. The van der Waals surface area contributed by atoms with Crippen LogP contribution in [-0.4, -0.2) is 40.2 Å². The van der Waals surface area contributed by atoms with Crippen molar-refractivity contribution in [3.8, 4) is 0 Å². The summed E-state index contributed by atoms with van der Waals surface area (Å²) < 4.78 is 0. The second kappa shape index (κ2) is 6.52. The van der Waals surface area contributed by atoms with E-state index in [1.165, 1.54) is 0 Å². The van der Waals surface area contributed by atoms with E-state index in [0.29, 0.717) is 5.25 Å². The molecule has 0 radical (unpaired) electrons. The summed E-state index contributed by atoms with van der Waals surface area (Å²) in [6.07, 6.45) is 2.88. The van der Waals surface area contributed by atoms with E-state index < -0.39 is 5.97 Å². The van der Waals surface area contributed by atoms with Crippen LogP contribution in [0.3, 0.4) is 0 Å². The Hall–Kier alpha value is -0.391. The molecule has 2 fully saturated rings. The molecule has 2 saturated heterocycles. The average molecular weight is 300 g/mol. The van der Waals surface area contributed by atoms with E-state index in [-0.39, 0.29) is 41.6 Å². The van der Waals surface area contributed by atoms with Gasteiger partial charge in [-0.05, 0) is 12.8 Å². The van der Waals surface area contributed by atoms with Crippen LogP contribution in [0.15, 0.2) is 0 Å². The SMILES string of the molecule is O=C(O)CCCC[C@@H]1SC[C@@H]2NC(=O)N[C@@H]21.[Fe]. The smallest absolute Gasteiger partial charge is 0.315 e. The van der Waals surface area contributed by atoms with Gasteiger partial charge in [-0.3, -0.25) is 4.79 Å². The van der Waals surface area contributed by atoms with Crippen molar-refractivity contribution < 1.29 is 31.8 Å². The van der Waals surface area contributed by atoms with E-state index >= 15 is 0 Å². The molecular formula is C10H16FeN2O3S. The van der Waals surface area contributed by atoms with Crippen LogP contribution in [0, 0.1) is 0 Å². The third-order valence-corrected chi connectivity index (χ3v) is 4.58. The van der Waals surface area contributed by atoms with Gasteiger partial charge in [0, 0.05) is 34.5 Å². The number of carbonyl (C=O) groups excluding carboxylic acids is 1. The largest absolute Gasteiger partial charge is 0.481 e. The molecule has 0 aromatic carbocycles. The maximum absolute atomic E-state index is 11.1. The molecular weight excluding hydrogens is 284 g/mol. The van der Waals surface area contributed by atoms with Gasteiger partial charge >= 0.3 is 12.0 Å². The van der Waals surface area contributed by atoms with Gasteiger partial charge < -0.3 is 15.7 Å². The van der Waals surface area contributed by atoms with Crippen LogP contribution in [0.5, 0.6) is 0 Å². The van der Waals surface area contributed by atoms with Gasteiger partial charge in [0.05, 0.1) is 12.1 Å². The Bertz CT molecular complexity index is 303. The monoisotopic (exact) mass is 300 g/mol. The fourth-order valence-electron chi connectivity index (χ4n) is 2.26. The minimum absolute atomic E-state index is 0. The van der Waals surface area contributed by atoms with Crippen molar-refractivity contribution in [2.75, 3.05) is 5.75 Å². The molecule has 0 bridgehead atoms. The molecule has 2 amide bonds. The summed E-state index contributed by atoms with van der Waals surface area (Å²) in [6, 6.07) is 0.440. The topological polar surface area (TPSA) is 78.4 Å².